The molecule has 1 aromatic rings. The molecule has 0 spiro atoms. The number of carboxylic acids is 1. The lowest BCUT2D eigenvalue weighted by Crippen LogP contribution is -2.15. The van der Waals surface area contributed by atoms with E-state index in [1.807, 2.05) is 0 Å². The molecule has 0 aliphatic heterocycles. The van der Waals surface area contributed by atoms with Crippen LogP contribution in [0.3, 0.4) is 0 Å². The molecule has 1 aromatic carbocycles. The molecule has 0 aromatic heterocycles. The van der Waals surface area contributed by atoms with Crippen molar-refractivity contribution in [3.05, 3.63) is 29.8 Å². The van der Waals surface area contributed by atoms with E-state index in [0.29, 0.717) is 5.69 Å². The lowest BCUT2D eigenvalue weighted by molar-refractivity contribution is 0.0450. The molecular formula is C10H15NO5. The minimum absolute atomic E-state index is 0.259. The number of nitrogen functional groups attached to an aromatic ring is 1. The van der Waals surface area contributed by atoms with E-state index < -0.39 is 12.1 Å². The van der Waals surface area contributed by atoms with Gasteiger partial charge in [0.15, 0.2) is 0 Å². The van der Waals surface area contributed by atoms with Gasteiger partial charge in [-0.25, -0.2) is 4.79 Å². The van der Waals surface area contributed by atoms with Gasteiger partial charge in [-0.05, 0) is 24.3 Å². The monoisotopic (exact) mass is 229 g/mol. The Morgan fingerprint density at radius 2 is 1.62 bits per heavy atom. The second-order valence-electron chi connectivity index (χ2n) is 2.95. The number of hydrogen-bond donors (Lipinski definition) is 5. The van der Waals surface area contributed by atoms with Crippen LogP contribution in [0, 0.1) is 0 Å². The Bertz CT molecular complexity index is 307. The predicted octanol–water partition coefficient (Wildman–Crippen LogP) is -0.701. The molecule has 16 heavy (non-hydrogen) atoms. The zero-order chi connectivity index (χ0) is 12.6. The Hall–Kier alpha value is -1.63. The third kappa shape index (κ3) is 5.97. The molecule has 0 bridgehead atoms. The summed E-state index contributed by atoms with van der Waals surface area (Å²) in [7, 11) is 0. The first-order valence-electron chi connectivity index (χ1n) is 4.49. The van der Waals surface area contributed by atoms with Crippen molar-refractivity contribution in [3.8, 4) is 0 Å². The molecule has 6 N–H and O–H groups in total. The topological polar surface area (TPSA) is 124 Å². The Balaban J connectivity index is 0.000000325. The molecule has 90 valence electrons. The number of nitrogens with two attached hydrogens (primary N) is 1. The van der Waals surface area contributed by atoms with Crippen LogP contribution in [0.4, 0.5) is 5.69 Å². The Kier molecular flexibility index (Phi) is 6.86. The maximum absolute atomic E-state index is 10.3. The maximum Gasteiger partial charge on any atom is 0.335 e. The summed E-state index contributed by atoms with van der Waals surface area (Å²) >= 11 is 0. The minimum atomic E-state index is -0.954. The molecule has 6 nitrogen and oxygen atoms in total. The van der Waals surface area contributed by atoms with Gasteiger partial charge in [0, 0.05) is 5.69 Å². The van der Waals surface area contributed by atoms with Crippen LogP contribution in [-0.4, -0.2) is 45.7 Å². The molecule has 0 heterocycles. The zero-order valence-corrected chi connectivity index (χ0v) is 8.58. The molecule has 0 saturated heterocycles. The van der Waals surface area contributed by atoms with Gasteiger partial charge in [-0.3, -0.25) is 0 Å². The average Bonchev–Trinajstić information content (AvgIpc) is 2.29. The highest BCUT2D eigenvalue weighted by molar-refractivity contribution is 5.87. The molecule has 0 radical (unpaired) electrons. The highest BCUT2D eigenvalue weighted by Gasteiger charge is 1.98. The van der Waals surface area contributed by atoms with Crippen molar-refractivity contribution in [3.63, 3.8) is 0 Å². The predicted molar refractivity (Wildman–Crippen MR) is 58.0 cm³/mol. The third-order valence-electron chi connectivity index (χ3n) is 1.58. The van der Waals surface area contributed by atoms with Gasteiger partial charge < -0.3 is 26.2 Å². The number of anilines is 1. The van der Waals surface area contributed by atoms with Crippen LogP contribution in [0.2, 0.25) is 0 Å². The smallest absolute Gasteiger partial charge is 0.335 e. The second kappa shape index (κ2) is 7.63. The summed E-state index contributed by atoms with van der Waals surface area (Å²) in [5.41, 5.74) is 6.17. The summed E-state index contributed by atoms with van der Waals surface area (Å²) in [6, 6.07) is 6.06. The average molecular weight is 229 g/mol. The molecule has 1 rings (SSSR count). The second-order valence-corrected chi connectivity index (χ2v) is 2.95. The van der Waals surface area contributed by atoms with Crippen molar-refractivity contribution < 1.29 is 25.2 Å². The van der Waals surface area contributed by atoms with Crippen LogP contribution in [0.1, 0.15) is 10.4 Å². The molecule has 0 atom stereocenters. The van der Waals surface area contributed by atoms with E-state index in [-0.39, 0.29) is 18.8 Å². The molecule has 0 aliphatic carbocycles. The highest BCUT2D eigenvalue weighted by atomic mass is 16.4. The first-order chi connectivity index (χ1) is 7.51. The summed E-state index contributed by atoms with van der Waals surface area (Å²) in [6.07, 6.45) is -0.954. The van der Waals surface area contributed by atoms with Gasteiger partial charge >= 0.3 is 5.97 Å². The number of aliphatic hydroxyl groups excluding tert-OH is 3. The van der Waals surface area contributed by atoms with Crippen molar-refractivity contribution in [2.75, 3.05) is 18.9 Å². The third-order valence-corrected chi connectivity index (χ3v) is 1.58. The van der Waals surface area contributed by atoms with Crippen molar-refractivity contribution in [2.45, 2.75) is 6.10 Å². The van der Waals surface area contributed by atoms with E-state index >= 15 is 0 Å². The highest BCUT2D eigenvalue weighted by Crippen LogP contribution is 2.04. The summed E-state index contributed by atoms with van der Waals surface area (Å²) in [6.45, 7) is -0.729. The maximum atomic E-state index is 10.3. The summed E-state index contributed by atoms with van der Waals surface area (Å²) in [5.74, 6) is -0.931. The van der Waals surface area contributed by atoms with Crippen LogP contribution in [0.5, 0.6) is 0 Å². The quantitative estimate of drug-likeness (QED) is 0.436. The number of rotatable bonds is 3. The van der Waals surface area contributed by atoms with Gasteiger partial charge in [-0.1, -0.05) is 0 Å². The number of benzene rings is 1. The van der Waals surface area contributed by atoms with E-state index in [0.717, 1.165) is 0 Å². The van der Waals surface area contributed by atoms with E-state index in [9.17, 15) is 4.79 Å². The van der Waals surface area contributed by atoms with Gasteiger partial charge in [0.1, 0.15) is 6.10 Å². The number of carbonyl (C=O) groups is 1. The van der Waals surface area contributed by atoms with Crippen molar-refractivity contribution >= 4 is 11.7 Å². The minimum Gasteiger partial charge on any atom is -0.478 e. The molecule has 0 amide bonds. The fraction of sp³-hybridized carbons (Fsp3) is 0.300. The molecule has 0 unspecified atom stereocenters. The summed E-state index contributed by atoms with van der Waals surface area (Å²) in [4.78, 5) is 10.3. The summed E-state index contributed by atoms with van der Waals surface area (Å²) in [5, 5.41) is 32.5. The summed E-state index contributed by atoms with van der Waals surface area (Å²) < 4.78 is 0. The standard InChI is InChI=1S/C7H7NO2.C3H8O3/c8-6-3-1-5(2-4-6)7(9)10;4-1-3(6)2-5/h1-4H,8H2,(H,9,10);3-6H,1-2H2. The normalized spacial score (nSPS) is 9.50. The van der Waals surface area contributed by atoms with Gasteiger partial charge in [-0.2, -0.15) is 0 Å². The van der Waals surface area contributed by atoms with Crippen LogP contribution >= 0.6 is 0 Å². The molecule has 0 fully saturated rings. The van der Waals surface area contributed by atoms with Crippen LogP contribution < -0.4 is 5.73 Å². The SMILES string of the molecule is Nc1ccc(C(=O)O)cc1.OCC(O)CO. The molecule has 0 aliphatic rings. The van der Waals surface area contributed by atoms with Gasteiger partial charge in [0.05, 0.1) is 18.8 Å². The van der Waals surface area contributed by atoms with Crippen LogP contribution in [-0.2, 0) is 0 Å². The molecule has 6 heteroatoms. The van der Waals surface area contributed by atoms with E-state index in [2.05, 4.69) is 0 Å². The molecular weight excluding hydrogens is 214 g/mol. The molecule has 0 saturated carbocycles. The number of carboxylic acid groups (broad SMARTS) is 1. The van der Waals surface area contributed by atoms with E-state index in [1.54, 1.807) is 12.1 Å². The lowest BCUT2D eigenvalue weighted by atomic mass is 10.2. The Morgan fingerprint density at radius 3 is 1.88 bits per heavy atom. The fourth-order valence-corrected chi connectivity index (χ4v) is 0.683. The number of hydrogen-bond acceptors (Lipinski definition) is 5. The van der Waals surface area contributed by atoms with Crippen LogP contribution in [0.25, 0.3) is 0 Å². The van der Waals surface area contributed by atoms with Crippen molar-refractivity contribution in [1.29, 1.82) is 0 Å². The van der Waals surface area contributed by atoms with E-state index in [1.165, 1.54) is 12.1 Å². The Morgan fingerprint density at radius 1 is 1.19 bits per heavy atom. The van der Waals surface area contributed by atoms with Gasteiger partial charge in [0.25, 0.3) is 0 Å². The lowest BCUT2D eigenvalue weighted by Gasteiger charge is -1.96. The Labute approximate surface area is 92.6 Å². The van der Waals surface area contributed by atoms with Crippen LogP contribution in [0.15, 0.2) is 24.3 Å². The van der Waals surface area contributed by atoms with Crippen molar-refractivity contribution in [1.82, 2.24) is 0 Å². The zero-order valence-electron chi connectivity index (χ0n) is 8.58. The first kappa shape index (κ1) is 14.4. The van der Waals surface area contributed by atoms with Gasteiger partial charge in [-0.15, -0.1) is 0 Å². The number of aliphatic hydroxyl groups is 3. The van der Waals surface area contributed by atoms with Crippen molar-refractivity contribution in [2.24, 2.45) is 0 Å². The number of aromatic carboxylic acids is 1. The fourth-order valence-electron chi connectivity index (χ4n) is 0.683. The first-order valence-corrected chi connectivity index (χ1v) is 4.49. The largest absolute Gasteiger partial charge is 0.478 e. The van der Waals surface area contributed by atoms with Gasteiger partial charge in [0.2, 0.25) is 0 Å². The van der Waals surface area contributed by atoms with E-state index in [4.69, 9.17) is 26.2 Å².